The number of rotatable bonds is 5. The molecule has 0 aliphatic carbocycles. The summed E-state index contributed by atoms with van der Waals surface area (Å²) in [6.45, 7) is 2.16. The summed E-state index contributed by atoms with van der Waals surface area (Å²) >= 11 is 0. The number of benzene rings is 8. The van der Waals surface area contributed by atoms with E-state index in [2.05, 4.69) is 125 Å². The Balaban J connectivity index is 1.19. The van der Waals surface area contributed by atoms with Crippen LogP contribution in [0.2, 0.25) is 0 Å². The lowest BCUT2D eigenvalue weighted by Gasteiger charge is -2.15. The Morgan fingerprint density at radius 1 is 0.414 bits per heavy atom. The average Bonchev–Trinajstić information content (AvgIpc) is 3.95. The van der Waals surface area contributed by atoms with Gasteiger partial charge in [0.05, 0.1) is 27.8 Å². The van der Waals surface area contributed by atoms with Crippen LogP contribution in [0.1, 0.15) is 5.56 Å². The van der Waals surface area contributed by atoms with Gasteiger partial charge in [0, 0.05) is 54.7 Å². The second-order valence-electron chi connectivity index (χ2n) is 14.8. The van der Waals surface area contributed by atoms with Gasteiger partial charge in [-0.25, -0.2) is 15.0 Å². The van der Waals surface area contributed by atoms with Crippen LogP contribution in [-0.2, 0) is 0 Å². The predicted octanol–water partition coefficient (Wildman–Crippen LogP) is 13.3. The summed E-state index contributed by atoms with van der Waals surface area (Å²) in [6, 6.07) is 63.5. The van der Waals surface area contributed by atoms with Gasteiger partial charge in [-0.3, -0.25) is 0 Å². The van der Waals surface area contributed by atoms with Crippen molar-refractivity contribution in [3.05, 3.63) is 188 Å². The van der Waals surface area contributed by atoms with Crippen molar-refractivity contribution < 1.29 is 4.42 Å². The average molecular weight is 744 g/mol. The summed E-state index contributed by atoms with van der Waals surface area (Å²) in [7, 11) is 0. The molecule has 4 aromatic heterocycles. The number of fused-ring (bicyclic) bond motifs is 10. The van der Waals surface area contributed by atoms with E-state index in [9.17, 15) is 0 Å². The molecule has 0 saturated carbocycles. The molecule has 0 spiro atoms. The van der Waals surface area contributed by atoms with Crippen molar-refractivity contribution in [1.82, 2.24) is 24.1 Å². The van der Waals surface area contributed by atoms with Crippen molar-refractivity contribution in [3.8, 4) is 45.5 Å². The third-order valence-electron chi connectivity index (χ3n) is 11.5. The van der Waals surface area contributed by atoms with Crippen molar-refractivity contribution in [2.75, 3.05) is 0 Å². The fourth-order valence-corrected chi connectivity index (χ4v) is 9.02. The second kappa shape index (κ2) is 12.6. The first-order valence-electron chi connectivity index (χ1n) is 19.5. The Morgan fingerprint density at radius 2 is 0.897 bits per heavy atom. The van der Waals surface area contributed by atoms with E-state index in [0.717, 1.165) is 66.6 Å². The van der Waals surface area contributed by atoms with Crippen LogP contribution < -0.4 is 0 Å². The Kier molecular flexibility index (Phi) is 7.04. The van der Waals surface area contributed by atoms with Gasteiger partial charge in [0.25, 0.3) is 0 Å². The molecule has 8 aromatic carbocycles. The molecule has 12 aromatic rings. The summed E-state index contributed by atoms with van der Waals surface area (Å²) in [5.74, 6) is 1.84. The van der Waals surface area contributed by atoms with Crippen LogP contribution in [0.4, 0.5) is 0 Å². The minimum atomic E-state index is 0.603. The van der Waals surface area contributed by atoms with Gasteiger partial charge in [0.1, 0.15) is 5.58 Å². The van der Waals surface area contributed by atoms with Crippen molar-refractivity contribution in [1.29, 1.82) is 0 Å². The zero-order valence-electron chi connectivity index (χ0n) is 31.5. The highest BCUT2D eigenvalue weighted by Crippen LogP contribution is 2.46. The zero-order valence-corrected chi connectivity index (χ0v) is 31.5. The Hall–Kier alpha value is -7.83. The van der Waals surface area contributed by atoms with E-state index in [1.54, 1.807) is 0 Å². The summed E-state index contributed by atoms with van der Waals surface area (Å²) < 4.78 is 11.7. The monoisotopic (exact) mass is 743 g/mol. The lowest BCUT2D eigenvalue weighted by Crippen LogP contribution is -2.03. The van der Waals surface area contributed by atoms with Crippen LogP contribution in [0.25, 0.3) is 111 Å². The third kappa shape index (κ3) is 4.75. The van der Waals surface area contributed by atoms with Crippen molar-refractivity contribution in [2.24, 2.45) is 0 Å². The number of hydrogen-bond acceptors (Lipinski definition) is 4. The maximum Gasteiger partial charge on any atom is 0.165 e. The fourth-order valence-electron chi connectivity index (χ4n) is 9.02. The SMILES string of the molecule is Cc1cc(-n2c3ccccc3c3c4c5ccccc5n(-c5ccccc5)c4ccc32)c2oc3ccccc3c2c1-c1nc(-c2ccccc2)nc(-c2ccccc2)n1. The van der Waals surface area contributed by atoms with E-state index in [1.165, 1.54) is 32.6 Å². The highest BCUT2D eigenvalue weighted by Gasteiger charge is 2.26. The number of aromatic nitrogens is 5. The molecule has 0 unspecified atom stereocenters. The fraction of sp³-hybridized carbons (Fsp3) is 0.0192. The third-order valence-corrected chi connectivity index (χ3v) is 11.5. The number of para-hydroxylation sites is 4. The molecule has 6 heteroatoms. The summed E-state index contributed by atoms with van der Waals surface area (Å²) in [6.07, 6.45) is 0. The topological polar surface area (TPSA) is 61.7 Å². The molecular formula is C52H33N5O. The van der Waals surface area contributed by atoms with Gasteiger partial charge in [-0.2, -0.15) is 0 Å². The number of furan rings is 1. The first-order valence-corrected chi connectivity index (χ1v) is 19.5. The zero-order chi connectivity index (χ0) is 38.3. The summed E-state index contributed by atoms with van der Waals surface area (Å²) in [4.78, 5) is 15.4. The molecule has 12 rings (SSSR count). The molecule has 0 bridgehead atoms. The van der Waals surface area contributed by atoms with E-state index in [1.807, 2.05) is 72.8 Å². The van der Waals surface area contributed by atoms with E-state index in [-0.39, 0.29) is 0 Å². The Morgan fingerprint density at radius 3 is 1.52 bits per heavy atom. The Labute approximate surface area is 332 Å². The second-order valence-corrected chi connectivity index (χ2v) is 14.8. The molecule has 0 N–H and O–H groups in total. The molecule has 0 aliphatic rings. The maximum atomic E-state index is 6.98. The first kappa shape index (κ1) is 32.4. The summed E-state index contributed by atoms with van der Waals surface area (Å²) in [5.41, 5.74) is 12.1. The van der Waals surface area contributed by atoms with E-state index < -0.39 is 0 Å². The predicted molar refractivity (Wildman–Crippen MR) is 237 cm³/mol. The van der Waals surface area contributed by atoms with Crippen LogP contribution in [0.15, 0.2) is 186 Å². The van der Waals surface area contributed by atoms with E-state index >= 15 is 0 Å². The molecule has 4 heterocycles. The molecule has 272 valence electrons. The largest absolute Gasteiger partial charge is 0.454 e. The van der Waals surface area contributed by atoms with Gasteiger partial charge in [0.2, 0.25) is 0 Å². The van der Waals surface area contributed by atoms with E-state index in [0.29, 0.717) is 17.5 Å². The molecule has 0 radical (unpaired) electrons. The van der Waals surface area contributed by atoms with Crippen molar-refractivity contribution >= 4 is 65.6 Å². The highest BCUT2D eigenvalue weighted by atomic mass is 16.3. The molecule has 6 nitrogen and oxygen atoms in total. The van der Waals surface area contributed by atoms with Gasteiger partial charge in [-0.05, 0) is 61.0 Å². The van der Waals surface area contributed by atoms with Crippen molar-refractivity contribution in [3.63, 3.8) is 0 Å². The number of aryl methyl sites for hydroxylation is 1. The number of nitrogens with zero attached hydrogens (tertiary/aromatic N) is 5. The maximum absolute atomic E-state index is 6.98. The van der Waals surface area contributed by atoms with E-state index in [4.69, 9.17) is 19.4 Å². The lowest BCUT2D eigenvalue weighted by atomic mass is 9.99. The van der Waals surface area contributed by atoms with Gasteiger partial charge >= 0.3 is 0 Å². The molecule has 0 amide bonds. The smallest absolute Gasteiger partial charge is 0.165 e. The van der Waals surface area contributed by atoms with Crippen molar-refractivity contribution in [2.45, 2.75) is 6.92 Å². The molecule has 58 heavy (non-hydrogen) atoms. The lowest BCUT2D eigenvalue weighted by molar-refractivity contribution is 0.666. The molecular weight excluding hydrogens is 711 g/mol. The van der Waals surface area contributed by atoms with Gasteiger partial charge < -0.3 is 13.6 Å². The number of hydrogen-bond donors (Lipinski definition) is 0. The van der Waals surface area contributed by atoms with Gasteiger partial charge in [-0.1, -0.05) is 133 Å². The standard InChI is InChI=1S/C52H33N5O/c1-32-31-43(57-40-27-15-12-24-37(40)47-42(57)30-29-41-46(47)36-23-11-14-26-39(36)56(41)35-21-9-4-10-22-35)49-48(38-25-13-16-28-44(38)58-49)45(32)52-54-50(33-17-5-2-6-18-33)53-51(55-52)34-19-7-3-8-20-34/h2-31H,1H3. The molecule has 0 saturated heterocycles. The minimum absolute atomic E-state index is 0.603. The molecule has 0 atom stereocenters. The highest BCUT2D eigenvalue weighted by molar-refractivity contribution is 6.29. The van der Waals surface area contributed by atoms with Crippen LogP contribution in [-0.4, -0.2) is 24.1 Å². The normalized spacial score (nSPS) is 11.9. The van der Waals surface area contributed by atoms with Crippen LogP contribution in [0.5, 0.6) is 0 Å². The minimum Gasteiger partial charge on any atom is -0.454 e. The van der Waals surface area contributed by atoms with Gasteiger partial charge in [0.15, 0.2) is 23.1 Å². The quantitative estimate of drug-likeness (QED) is 0.176. The molecule has 0 fully saturated rings. The Bertz CT molecular complexity index is 3510. The van der Waals surface area contributed by atoms with Crippen LogP contribution >= 0.6 is 0 Å². The molecule has 0 aliphatic heterocycles. The first-order chi connectivity index (χ1) is 28.7. The van der Waals surface area contributed by atoms with Crippen LogP contribution in [0, 0.1) is 6.92 Å². The van der Waals surface area contributed by atoms with Gasteiger partial charge in [-0.15, -0.1) is 0 Å². The summed E-state index contributed by atoms with van der Waals surface area (Å²) in [5, 5.41) is 6.82. The van der Waals surface area contributed by atoms with Crippen LogP contribution in [0.3, 0.4) is 0 Å².